The van der Waals surface area contributed by atoms with E-state index < -0.39 is 0 Å². The van der Waals surface area contributed by atoms with Crippen LogP contribution in [0, 0.1) is 13.8 Å². The Kier molecular flexibility index (Phi) is 3.49. The average Bonchev–Trinajstić information content (AvgIpc) is 2.12. The lowest BCUT2D eigenvalue weighted by Gasteiger charge is -2.13. The standard InChI is InChI=1S/C12H19N/c1-4-11-9(2)5-6-10(3)12(11)7-8-13/h5-6H,4,7-8,13H2,1-3H3. The Morgan fingerprint density at radius 3 is 2.08 bits per heavy atom. The van der Waals surface area contributed by atoms with Gasteiger partial charge in [0.25, 0.3) is 0 Å². The van der Waals surface area contributed by atoms with Gasteiger partial charge in [0.2, 0.25) is 0 Å². The van der Waals surface area contributed by atoms with Crippen LogP contribution in [-0.2, 0) is 12.8 Å². The summed E-state index contributed by atoms with van der Waals surface area (Å²) in [6, 6.07) is 4.40. The minimum absolute atomic E-state index is 0.747. The van der Waals surface area contributed by atoms with Crippen LogP contribution in [0.3, 0.4) is 0 Å². The van der Waals surface area contributed by atoms with E-state index in [9.17, 15) is 0 Å². The smallest absolute Gasteiger partial charge is 0.00365 e. The molecule has 0 aromatic heterocycles. The van der Waals surface area contributed by atoms with Crippen LogP contribution in [0.2, 0.25) is 0 Å². The van der Waals surface area contributed by atoms with Crippen molar-refractivity contribution in [1.29, 1.82) is 0 Å². The maximum Gasteiger partial charge on any atom is -0.00365 e. The van der Waals surface area contributed by atoms with Gasteiger partial charge < -0.3 is 5.73 Å². The van der Waals surface area contributed by atoms with E-state index in [-0.39, 0.29) is 0 Å². The first-order valence-electron chi connectivity index (χ1n) is 4.98. The third-order valence-corrected chi connectivity index (χ3v) is 2.65. The number of rotatable bonds is 3. The summed E-state index contributed by atoms with van der Waals surface area (Å²) in [4.78, 5) is 0. The van der Waals surface area contributed by atoms with E-state index in [2.05, 4.69) is 32.9 Å². The maximum atomic E-state index is 5.60. The van der Waals surface area contributed by atoms with Crippen LogP contribution >= 0.6 is 0 Å². The molecule has 0 aliphatic carbocycles. The van der Waals surface area contributed by atoms with Crippen molar-refractivity contribution in [2.24, 2.45) is 5.73 Å². The molecule has 13 heavy (non-hydrogen) atoms. The highest BCUT2D eigenvalue weighted by Gasteiger charge is 2.05. The summed E-state index contributed by atoms with van der Waals surface area (Å²) < 4.78 is 0. The molecule has 72 valence electrons. The molecule has 0 fully saturated rings. The lowest BCUT2D eigenvalue weighted by atomic mass is 9.93. The van der Waals surface area contributed by atoms with Gasteiger partial charge in [0, 0.05) is 0 Å². The first-order valence-corrected chi connectivity index (χ1v) is 4.98. The maximum absolute atomic E-state index is 5.60. The molecule has 1 nitrogen and oxygen atoms in total. The molecule has 1 heteroatoms. The van der Waals surface area contributed by atoms with Crippen molar-refractivity contribution in [3.05, 3.63) is 34.4 Å². The summed E-state index contributed by atoms with van der Waals surface area (Å²) in [6.45, 7) is 7.31. The van der Waals surface area contributed by atoms with Crippen molar-refractivity contribution >= 4 is 0 Å². The summed E-state index contributed by atoms with van der Waals surface area (Å²) in [5, 5.41) is 0. The minimum atomic E-state index is 0.747. The number of benzene rings is 1. The predicted molar refractivity (Wildman–Crippen MR) is 58.1 cm³/mol. The summed E-state index contributed by atoms with van der Waals surface area (Å²) in [5.41, 5.74) is 11.3. The highest BCUT2D eigenvalue weighted by atomic mass is 14.5. The largest absolute Gasteiger partial charge is 0.330 e. The van der Waals surface area contributed by atoms with Crippen LogP contribution in [-0.4, -0.2) is 6.54 Å². The van der Waals surface area contributed by atoms with Crippen LogP contribution in [0.25, 0.3) is 0 Å². The summed E-state index contributed by atoms with van der Waals surface area (Å²) in [5.74, 6) is 0. The van der Waals surface area contributed by atoms with Gasteiger partial charge in [0.05, 0.1) is 0 Å². The van der Waals surface area contributed by atoms with Crippen LogP contribution in [0.1, 0.15) is 29.2 Å². The second-order valence-corrected chi connectivity index (χ2v) is 3.55. The van der Waals surface area contributed by atoms with E-state index >= 15 is 0 Å². The molecule has 0 amide bonds. The van der Waals surface area contributed by atoms with Gasteiger partial charge in [-0.25, -0.2) is 0 Å². The fourth-order valence-electron chi connectivity index (χ4n) is 1.91. The Bertz CT molecular complexity index is 289. The minimum Gasteiger partial charge on any atom is -0.330 e. The summed E-state index contributed by atoms with van der Waals surface area (Å²) in [6.07, 6.45) is 2.12. The predicted octanol–water partition coefficient (Wildman–Crippen LogP) is 2.37. The van der Waals surface area contributed by atoms with Gasteiger partial charge in [-0.05, 0) is 55.5 Å². The molecule has 0 saturated carbocycles. The molecule has 0 spiro atoms. The molecular weight excluding hydrogens is 158 g/mol. The fraction of sp³-hybridized carbons (Fsp3) is 0.500. The highest BCUT2D eigenvalue weighted by Crippen LogP contribution is 2.19. The second kappa shape index (κ2) is 4.43. The lowest BCUT2D eigenvalue weighted by molar-refractivity contribution is 0.921. The van der Waals surface area contributed by atoms with Crippen LogP contribution in [0.5, 0.6) is 0 Å². The van der Waals surface area contributed by atoms with Gasteiger partial charge in [0.1, 0.15) is 0 Å². The Morgan fingerprint density at radius 2 is 1.62 bits per heavy atom. The van der Waals surface area contributed by atoms with Crippen molar-refractivity contribution in [3.8, 4) is 0 Å². The molecule has 0 radical (unpaired) electrons. The lowest BCUT2D eigenvalue weighted by Crippen LogP contribution is -2.07. The van der Waals surface area contributed by atoms with Gasteiger partial charge in [-0.2, -0.15) is 0 Å². The first-order chi connectivity index (χ1) is 6.20. The molecule has 0 unspecified atom stereocenters. The van der Waals surface area contributed by atoms with Gasteiger partial charge in [0.15, 0.2) is 0 Å². The van der Waals surface area contributed by atoms with Crippen LogP contribution in [0.15, 0.2) is 12.1 Å². The topological polar surface area (TPSA) is 26.0 Å². The van der Waals surface area contributed by atoms with Crippen molar-refractivity contribution in [3.63, 3.8) is 0 Å². The Hall–Kier alpha value is -0.820. The monoisotopic (exact) mass is 177 g/mol. The molecule has 1 rings (SSSR count). The van der Waals surface area contributed by atoms with Gasteiger partial charge in [-0.1, -0.05) is 19.1 Å². The number of nitrogens with two attached hydrogens (primary N) is 1. The average molecular weight is 177 g/mol. The molecule has 0 bridgehead atoms. The van der Waals surface area contributed by atoms with E-state index in [1.165, 1.54) is 22.3 Å². The highest BCUT2D eigenvalue weighted by molar-refractivity contribution is 5.40. The van der Waals surface area contributed by atoms with E-state index in [1.807, 2.05) is 0 Å². The molecular formula is C12H19N. The number of hydrogen-bond acceptors (Lipinski definition) is 1. The van der Waals surface area contributed by atoms with E-state index in [0.29, 0.717) is 0 Å². The number of hydrogen-bond donors (Lipinski definition) is 1. The molecule has 0 aliphatic rings. The zero-order valence-corrected chi connectivity index (χ0v) is 8.85. The Morgan fingerprint density at radius 1 is 1.08 bits per heavy atom. The van der Waals surface area contributed by atoms with Crippen LogP contribution in [0.4, 0.5) is 0 Å². The van der Waals surface area contributed by atoms with Crippen LogP contribution < -0.4 is 5.73 Å². The van der Waals surface area contributed by atoms with Gasteiger partial charge >= 0.3 is 0 Å². The van der Waals surface area contributed by atoms with E-state index in [1.54, 1.807) is 0 Å². The third-order valence-electron chi connectivity index (χ3n) is 2.65. The molecule has 0 aliphatic heterocycles. The molecule has 1 aromatic rings. The molecule has 0 atom stereocenters. The molecule has 0 heterocycles. The van der Waals surface area contributed by atoms with Gasteiger partial charge in [-0.15, -0.1) is 0 Å². The molecule has 2 N–H and O–H groups in total. The third kappa shape index (κ3) is 2.10. The molecule has 1 aromatic carbocycles. The van der Waals surface area contributed by atoms with Crippen molar-refractivity contribution in [2.75, 3.05) is 6.54 Å². The fourth-order valence-corrected chi connectivity index (χ4v) is 1.91. The second-order valence-electron chi connectivity index (χ2n) is 3.55. The zero-order valence-electron chi connectivity index (χ0n) is 8.85. The van der Waals surface area contributed by atoms with Crippen molar-refractivity contribution < 1.29 is 0 Å². The molecule has 0 saturated heterocycles. The van der Waals surface area contributed by atoms with Crippen molar-refractivity contribution in [1.82, 2.24) is 0 Å². The zero-order chi connectivity index (χ0) is 9.84. The Labute approximate surface area is 81.0 Å². The Balaban J connectivity index is 3.18. The van der Waals surface area contributed by atoms with E-state index in [0.717, 1.165) is 19.4 Å². The summed E-state index contributed by atoms with van der Waals surface area (Å²) >= 11 is 0. The number of aryl methyl sites for hydroxylation is 2. The van der Waals surface area contributed by atoms with E-state index in [4.69, 9.17) is 5.73 Å². The first kappa shape index (κ1) is 10.3. The van der Waals surface area contributed by atoms with Crippen molar-refractivity contribution in [2.45, 2.75) is 33.6 Å². The normalized spacial score (nSPS) is 10.5. The SMILES string of the molecule is CCc1c(C)ccc(C)c1CCN. The quantitative estimate of drug-likeness (QED) is 0.753. The van der Waals surface area contributed by atoms with Gasteiger partial charge in [-0.3, -0.25) is 0 Å². The summed E-state index contributed by atoms with van der Waals surface area (Å²) in [7, 11) is 0.